The van der Waals surface area contributed by atoms with Crippen LogP contribution >= 0.6 is 0 Å². The Morgan fingerprint density at radius 3 is 2.46 bits per heavy atom. The molecule has 1 aliphatic rings. The Morgan fingerprint density at radius 1 is 1.07 bits per heavy atom. The number of carbonyl (C=O) groups is 1. The summed E-state index contributed by atoms with van der Waals surface area (Å²) in [5.41, 5.74) is 3.15. The van der Waals surface area contributed by atoms with Crippen molar-refractivity contribution in [3.63, 3.8) is 0 Å². The first-order valence-corrected chi connectivity index (χ1v) is 10.4. The van der Waals surface area contributed by atoms with Crippen LogP contribution in [-0.4, -0.2) is 56.6 Å². The third-order valence-corrected chi connectivity index (χ3v) is 5.24. The molecule has 0 aliphatic carbocycles. The molecule has 0 bridgehead atoms. The van der Waals surface area contributed by atoms with Crippen LogP contribution in [0, 0.1) is 0 Å². The Kier molecular flexibility index (Phi) is 7.88. The molecular formula is C23H32N4O. The lowest BCUT2D eigenvalue weighted by Gasteiger charge is -2.27. The van der Waals surface area contributed by atoms with E-state index in [0.29, 0.717) is 0 Å². The zero-order chi connectivity index (χ0) is 19.6. The summed E-state index contributed by atoms with van der Waals surface area (Å²) in [5, 5.41) is 6.41. The zero-order valence-corrected chi connectivity index (χ0v) is 16.9. The number of rotatable bonds is 9. The molecule has 1 fully saturated rings. The van der Waals surface area contributed by atoms with Gasteiger partial charge < -0.3 is 20.4 Å². The number of amides is 1. The van der Waals surface area contributed by atoms with Crippen molar-refractivity contribution in [1.82, 2.24) is 15.5 Å². The first-order valence-electron chi connectivity index (χ1n) is 10.4. The SMILES string of the molecule is CCN(Cc1ccccc1)c1ccc(C(=O)NCCCN2CCNCC2)cc1. The largest absolute Gasteiger partial charge is 0.367 e. The van der Waals surface area contributed by atoms with Crippen molar-refractivity contribution in [2.24, 2.45) is 0 Å². The lowest BCUT2D eigenvalue weighted by atomic mass is 10.1. The van der Waals surface area contributed by atoms with Crippen LogP contribution in [0.25, 0.3) is 0 Å². The van der Waals surface area contributed by atoms with Crippen molar-refractivity contribution in [3.05, 3.63) is 65.7 Å². The second-order valence-electron chi connectivity index (χ2n) is 7.25. The second kappa shape index (κ2) is 10.8. The molecule has 0 radical (unpaired) electrons. The van der Waals surface area contributed by atoms with Gasteiger partial charge in [-0.3, -0.25) is 4.79 Å². The van der Waals surface area contributed by atoms with Gasteiger partial charge in [0.1, 0.15) is 0 Å². The van der Waals surface area contributed by atoms with E-state index in [2.05, 4.69) is 51.6 Å². The molecule has 2 N–H and O–H groups in total. The molecule has 1 amide bonds. The van der Waals surface area contributed by atoms with Crippen LogP contribution in [0.4, 0.5) is 5.69 Å². The molecule has 2 aromatic carbocycles. The van der Waals surface area contributed by atoms with Crippen LogP contribution in [0.15, 0.2) is 54.6 Å². The first kappa shape index (κ1) is 20.4. The van der Waals surface area contributed by atoms with Crippen molar-refractivity contribution in [1.29, 1.82) is 0 Å². The molecule has 5 nitrogen and oxygen atoms in total. The van der Waals surface area contributed by atoms with Gasteiger partial charge in [-0.1, -0.05) is 30.3 Å². The third kappa shape index (κ3) is 6.08. The summed E-state index contributed by atoms with van der Waals surface area (Å²) >= 11 is 0. The molecule has 3 rings (SSSR count). The molecule has 0 unspecified atom stereocenters. The summed E-state index contributed by atoms with van der Waals surface area (Å²) in [5.74, 6) is 0.0120. The number of nitrogens with one attached hydrogen (secondary N) is 2. The zero-order valence-electron chi connectivity index (χ0n) is 16.9. The lowest BCUT2D eigenvalue weighted by molar-refractivity contribution is 0.0951. The van der Waals surface area contributed by atoms with Gasteiger partial charge in [-0.05, 0) is 49.7 Å². The third-order valence-electron chi connectivity index (χ3n) is 5.24. The maximum atomic E-state index is 12.4. The highest BCUT2D eigenvalue weighted by Gasteiger charge is 2.10. The van der Waals surface area contributed by atoms with Gasteiger partial charge >= 0.3 is 0 Å². The lowest BCUT2D eigenvalue weighted by Crippen LogP contribution is -2.44. The quantitative estimate of drug-likeness (QED) is 0.657. The maximum absolute atomic E-state index is 12.4. The Bertz CT molecular complexity index is 711. The van der Waals surface area contributed by atoms with Gasteiger partial charge in [0.25, 0.3) is 5.91 Å². The minimum absolute atomic E-state index is 0.0120. The van der Waals surface area contributed by atoms with Gasteiger partial charge in [0.15, 0.2) is 0 Å². The number of hydrogen-bond donors (Lipinski definition) is 2. The van der Waals surface area contributed by atoms with Gasteiger partial charge in [-0.2, -0.15) is 0 Å². The van der Waals surface area contributed by atoms with E-state index >= 15 is 0 Å². The van der Waals surface area contributed by atoms with E-state index < -0.39 is 0 Å². The molecule has 150 valence electrons. The Morgan fingerprint density at radius 2 is 1.79 bits per heavy atom. The molecule has 0 atom stereocenters. The fraction of sp³-hybridized carbons (Fsp3) is 0.435. The summed E-state index contributed by atoms with van der Waals surface area (Å²) in [4.78, 5) is 17.1. The van der Waals surface area contributed by atoms with E-state index in [4.69, 9.17) is 0 Å². The first-order chi connectivity index (χ1) is 13.8. The Hall–Kier alpha value is -2.37. The summed E-state index contributed by atoms with van der Waals surface area (Å²) < 4.78 is 0. The standard InChI is InChI=1S/C23H32N4O/c1-2-27(19-20-7-4-3-5-8-20)22-11-9-21(10-12-22)23(28)25-13-6-16-26-17-14-24-15-18-26/h3-5,7-12,24H,2,6,13-19H2,1H3,(H,25,28). The van der Waals surface area contributed by atoms with Crippen LogP contribution in [-0.2, 0) is 6.54 Å². The fourth-order valence-corrected chi connectivity index (χ4v) is 3.55. The molecule has 5 heteroatoms. The number of anilines is 1. The predicted octanol–water partition coefficient (Wildman–Crippen LogP) is 2.74. The van der Waals surface area contributed by atoms with Crippen molar-refractivity contribution in [2.45, 2.75) is 19.9 Å². The minimum atomic E-state index is 0.0120. The monoisotopic (exact) mass is 380 g/mol. The Labute approximate surface area is 168 Å². The van der Waals surface area contributed by atoms with Gasteiger partial charge in [-0.15, -0.1) is 0 Å². The Balaban J connectivity index is 1.46. The number of carbonyl (C=O) groups excluding carboxylic acids is 1. The molecule has 0 aromatic heterocycles. The smallest absolute Gasteiger partial charge is 0.251 e. The molecule has 0 saturated carbocycles. The van der Waals surface area contributed by atoms with E-state index in [-0.39, 0.29) is 5.91 Å². The van der Waals surface area contributed by atoms with Crippen LogP contribution in [0.2, 0.25) is 0 Å². The molecular weight excluding hydrogens is 348 g/mol. The van der Waals surface area contributed by atoms with Gasteiger partial charge in [0.2, 0.25) is 0 Å². The average molecular weight is 381 g/mol. The van der Waals surface area contributed by atoms with Crippen molar-refractivity contribution < 1.29 is 4.79 Å². The van der Waals surface area contributed by atoms with Crippen molar-refractivity contribution >= 4 is 11.6 Å². The van der Waals surface area contributed by atoms with Crippen molar-refractivity contribution in [2.75, 3.05) is 50.7 Å². The molecule has 0 spiro atoms. The van der Waals surface area contributed by atoms with Crippen molar-refractivity contribution in [3.8, 4) is 0 Å². The van der Waals surface area contributed by atoms with E-state index in [0.717, 1.165) is 70.0 Å². The van der Waals surface area contributed by atoms with Gasteiger partial charge in [0.05, 0.1) is 0 Å². The number of hydrogen-bond acceptors (Lipinski definition) is 4. The average Bonchev–Trinajstić information content (AvgIpc) is 2.76. The highest BCUT2D eigenvalue weighted by molar-refractivity contribution is 5.94. The summed E-state index contributed by atoms with van der Waals surface area (Å²) in [6.07, 6.45) is 0.991. The summed E-state index contributed by atoms with van der Waals surface area (Å²) in [7, 11) is 0. The van der Waals surface area contributed by atoms with Crippen LogP contribution in [0.3, 0.4) is 0 Å². The predicted molar refractivity (Wildman–Crippen MR) is 116 cm³/mol. The summed E-state index contributed by atoms with van der Waals surface area (Å²) in [6.45, 7) is 10.1. The molecule has 1 heterocycles. The topological polar surface area (TPSA) is 47.6 Å². The summed E-state index contributed by atoms with van der Waals surface area (Å²) in [6, 6.07) is 18.4. The van der Waals surface area contributed by atoms with Crippen LogP contribution < -0.4 is 15.5 Å². The van der Waals surface area contributed by atoms with E-state index in [1.165, 1.54) is 5.56 Å². The van der Waals surface area contributed by atoms with Gasteiger partial charge in [-0.25, -0.2) is 0 Å². The molecule has 2 aromatic rings. The van der Waals surface area contributed by atoms with Gasteiger partial charge in [0, 0.05) is 57.1 Å². The fourth-order valence-electron chi connectivity index (χ4n) is 3.55. The molecule has 28 heavy (non-hydrogen) atoms. The minimum Gasteiger partial charge on any atom is -0.367 e. The number of piperazine rings is 1. The highest BCUT2D eigenvalue weighted by atomic mass is 16.1. The maximum Gasteiger partial charge on any atom is 0.251 e. The van der Waals surface area contributed by atoms with Crippen LogP contribution in [0.5, 0.6) is 0 Å². The highest BCUT2D eigenvalue weighted by Crippen LogP contribution is 2.18. The number of nitrogens with zero attached hydrogens (tertiary/aromatic N) is 2. The molecule has 1 aliphatic heterocycles. The number of benzene rings is 2. The van der Waals surface area contributed by atoms with E-state index in [1.54, 1.807) is 0 Å². The normalized spacial score (nSPS) is 14.6. The second-order valence-corrected chi connectivity index (χ2v) is 7.25. The van der Waals surface area contributed by atoms with E-state index in [9.17, 15) is 4.79 Å². The van der Waals surface area contributed by atoms with Crippen LogP contribution in [0.1, 0.15) is 29.3 Å². The van der Waals surface area contributed by atoms with E-state index in [1.807, 2.05) is 30.3 Å². The molecule has 1 saturated heterocycles.